The predicted octanol–water partition coefficient (Wildman–Crippen LogP) is 0.326. The lowest BCUT2D eigenvalue weighted by Gasteiger charge is -2.33. The van der Waals surface area contributed by atoms with Crippen molar-refractivity contribution in [2.75, 3.05) is 26.2 Å². The van der Waals surface area contributed by atoms with Crippen LogP contribution in [0.5, 0.6) is 0 Å². The fourth-order valence-corrected chi connectivity index (χ4v) is 2.59. The van der Waals surface area contributed by atoms with Gasteiger partial charge < -0.3 is 20.6 Å². The van der Waals surface area contributed by atoms with E-state index in [1.165, 1.54) is 0 Å². The molecule has 0 aromatic rings. The summed E-state index contributed by atoms with van der Waals surface area (Å²) in [6.45, 7) is 3.91. The van der Waals surface area contributed by atoms with E-state index in [0.717, 1.165) is 12.8 Å². The lowest BCUT2D eigenvalue weighted by molar-refractivity contribution is -0.147. The molecule has 18 heavy (non-hydrogen) atoms. The van der Waals surface area contributed by atoms with Gasteiger partial charge in [0, 0.05) is 32.2 Å². The average molecular weight is 255 g/mol. The highest BCUT2D eigenvalue weighted by Gasteiger charge is 2.43. The van der Waals surface area contributed by atoms with Crippen LogP contribution in [0.15, 0.2) is 0 Å². The number of urea groups is 1. The van der Waals surface area contributed by atoms with E-state index >= 15 is 0 Å². The van der Waals surface area contributed by atoms with Gasteiger partial charge in [-0.2, -0.15) is 0 Å². The number of likely N-dealkylation sites (tertiary alicyclic amines) is 2. The Balaban J connectivity index is 1.93. The molecule has 0 radical (unpaired) electrons. The highest BCUT2D eigenvalue weighted by molar-refractivity contribution is 5.79. The summed E-state index contributed by atoms with van der Waals surface area (Å²) in [6, 6.07) is 0.156. The number of hydrogen-bond donors (Lipinski definition) is 2. The molecule has 0 saturated carbocycles. The third-order valence-electron chi connectivity index (χ3n) is 4.07. The van der Waals surface area contributed by atoms with Crippen LogP contribution in [-0.2, 0) is 4.79 Å². The largest absolute Gasteiger partial charge is 0.481 e. The minimum Gasteiger partial charge on any atom is -0.481 e. The van der Waals surface area contributed by atoms with Crippen LogP contribution in [-0.4, -0.2) is 59.1 Å². The lowest BCUT2D eigenvalue weighted by Crippen LogP contribution is -2.48. The van der Waals surface area contributed by atoms with E-state index in [4.69, 9.17) is 10.8 Å². The van der Waals surface area contributed by atoms with E-state index < -0.39 is 11.4 Å². The number of carboxylic acids is 1. The normalized spacial score (nSPS) is 29.7. The van der Waals surface area contributed by atoms with Crippen molar-refractivity contribution >= 4 is 12.0 Å². The summed E-state index contributed by atoms with van der Waals surface area (Å²) in [5.41, 5.74) is 5.01. The van der Waals surface area contributed by atoms with Crippen molar-refractivity contribution in [1.82, 2.24) is 9.80 Å². The topological polar surface area (TPSA) is 86.9 Å². The average Bonchev–Trinajstić information content (AvgIpc) is 2.73. The summed E-state index contributed by atoms with van der Waals surface area (Å²) in [6.07, 6.45) is 2.19. The zero-order valence-electron chi connectivity index (χ0n) is 10.8. The number of hydrogen-bond acceptors (Lipinski definition) is 3. The summed E-state index contributed by atoms with van der Waals surface area (Å²) >= 11 is 0. The highest BCUT2D eigenvalue weighted by Crippen LogP contribution is 2.31. The van der Waals surface area contributed by atoms with Crippen LogP contribution in [0.25, 0.3) is 0 Å². The van der Waals surface area contributed by atoms with Gasteiger partial charge in [-0.25, -0.2) is 4.79 Å². The molecule has 2 fully saturated rings. The van der Waals surface area contributed by atoms with Gasteiger partial charge in [0.1, 0.15) is 0 Å². The number of aliphatic carboxylic acids is 1. The zero-order valence-corrected chi connectivity index (χ0v) is 10.8. The smallest absolute Gasteiger partial charge is 0.320 e. The van der Waals surface area contributed by atoms with E-state index in [2.05, 4.69) is 0 Å². The van der Waals surface area contributed by atoms with Crippen molar-refractivity contribution in [1.29, 1.82) is 0 Å². The Kier molecular flexibility index (Phi) is 3.47. The number of amides is 2. The zero-order chi connectivity index (χ0) is 13.3. The SMILES string of the molecule is CC1(C(=O)O)CCN(C(=O)N2CCC(N)CC2)C1. The molecule has 1 unspecified atom stereocenters. The number of nitrogens with zero attached hydrogens (tertiary/aromatic N) is 2. The first-order valence-corrected chi connectivity index (χ1v) is 6.45. The summed E-state index contributed by atoms with van der Waals surface area (Å²) < 4.78 is 0. The van der Waals surface area contributed by atoms with Crippen molar-refractivity contribution in [3.63, 3.8) is 0 Å². The van der Waals surface area contributed by atoms with Crippen LogP contribution in [0.3, 0.4) is 0 Å². The van der Waals surface area contributed by atoms with Crippen LogP contribution in [0.1, 0.15) is 26.2 Å². The Hall–Kier alpha value is -1.30. The van der Waals surface area contributed by atoms with Gasteiger partial charge in [0.25, 0.3) is 0 Å². The van der Waals surface area contributed by atoms with Crippen molar-refractivity contribution < 1.29 is 14.7 Å². The molecule has 2 amide bonds. The van der Waals surface area contributed by atoms with E-state index in [1.807, 2.05) is 0 Å². The van der Waals surface area contributed by atoms with Gasteiger partial charge >= 0.3 is 12.0 Å². The lowest BCUT2D eigenvalue weighted by atomic mass is 9.90. The maximum Gasteiger partial charge on any atom is 0.320 e. The molecule has 0 bridgehead atoms. The first-order valence-electron chi connectivity index (χ1n) is 6.45. The molecule has 2 saturated heterocycles. The second-order valence-electron chi connectivity index (χ2n) is 5.64. The molecule has 6 nitrogen and oxygen atoms in total. The molecule has 2 aliphatic rings. The van der Waals surface area contributed by atoms with Crippen LogP contribution in [0.4, 0.5) is 4.79 Å². The summed E-state index contributed by atoms with van der Waals surface area (Å²) in [7, 11) is 0. The maximum absolute atomic E-state index is 12.2. The van der Waals surface area contributed by atoms with E-state index in [0.29, 0.717) is 32.6 Å². The number of carboxylic acid groups (broad SMARTS) is 1. The van der Waals surface area contributed by atoms with Gasteiger partial charge in [0.2, 0.25) is 0 Å². The number of piperidine rings is 1. The monoisotopic (exact) mass is 255 g/mol. The van der Waals surface area contributed by atoms with Crippen molar-refractivity contribution in [3.05, 3.63) is 0 Å². The highest BCUT2D eigenvalue weighted by atomic mass is 16.4. The fourth-order valence-electron chi connectivity index (χ4n) is 2.59. The third kappa shape index (κ3) is 2.43. The molecule has 0 aromatic carbocycles. The van der Waals surface area contributed by atoms with Crippen molar-refractivity contribution in [3.8, 4) is 0 Å². The van der Waals surface area contributed by atoms with Crippen LogP contribution in [0, 0.1) is 5.41 Å². The molecule has 2 rings (SSSR count). The summed E-state index contributed by atoms with van der Waals surface area (Å²) in [5.74, 6) is -0.821. The van der Waals surface area contributed by atoms with Gasteiger partial charge in [-0.3, -0.25) is 4.79 Å². The number of nitrogens with two attached hydrogens (primary N) is 1. The molecule has 0 spiro atoms. The van der Waals surface area contributed by atoms with Gasteiger partial charge in [-0.1, -0.05) is 0 Å². The second-order valence-corrected chi connectivity index (χ2v) is 5.64. The Labute approximate surface area is 107 Å². The molecular weight excluding hydrogens is 234 g/mol. The van der Waals surface area contributed by atoms with Gasteiger partial charge in [0.05, 0.1) is 5.41 Å². The van der Waals surface area contributed by atoms with Crippen LogP contribution < -0.4 is 5.73 Å². The molecule has 2 aliphatic heterocycles. The summed E-state index contributed by atoms with van der Waals surface area (Å²) in [4.78, 5) is 26.8. The minimum atomic E-state index is -0.821. The molecule has 0 aliphatic carbocycles. The number of rotatable bonds is 1. The Morgan fingerprint density at radius 1 is 1.22 bits per heavy atom. The van der Waals surface area contributed by atoms with E-state index in [-0.39, 0.29) is 12.1 Å². The van der Waals surface area contributed by atoms with Gasteiger partial charge in [-0.05, 0) is 26.2 Å². The van der Waals surface area contributed by atoms with Crippen LogP contribution in [0.2, 0.25) is 0 Å². The Bertz CT molecular complexity index is 352. The van der Waals surface area contributed by atoms with Crippen molar-refractivity contribution in [2.24, 2.45) is 11.1 Å². The Morgan fingerprint density at radius 3 is 2.33 bits per heavy atom. The molecule has 102 valence electrons. The maximum atomic E-state index is 12.2. The van der Waals surface area contributed by atoms with Gasteiger partial charge in [-0.15, -0.1) is 0 Å². The molecule has 6 heteroatoms. The van der Waals surface area contributed by atoms with Crippen molar-refractivity contribution in [2.45, 2.75) is 32.2 Å². The standard InChI is InChI=1S/C12H21N3O3/c1-12(10(16)17)4-7-15(8-12)11(18)14-5-2-9(13)3-6-14/h9H,2-8,13H2,1H3,(H,16,17). The summed E-state index contributed by atoms with van der Waals surface area (Å²) in [5, 5.41) is 9.15. The predicted molar refractivity (Wildman–Crippen MR) is 66.1 cm³/mol. The molecule has 3 N–H and O–H groups in total. The van der Waals surface area contributed by atoms with E-state index in [9.17, 15) is 9.59 Å². The third-order valence-corrected chi connectivity index (χ3v) is 4.07. The van der Waals surface area contributed by atoms with Gasteiger partial charge in [0.15, 0.2) is 0 Å². The minimum absolute atomic E-state index is 0.0353. The van der Waals surface area contributed by atoms with Crippen LogP contribution >= 0.6 is 0 Å². The molecule has 2 heterocycles. The fraction of sp³-hybridized carbons (Fsp3) is 0.833. The second kappa shape index (κ2) is 4.76. The molecular formula is C12H21N3O3. The first-order chi connectivity index (χ1) is 8.42. The first kappa shape index (κ1) is 13.1. The number of carbonyl (C=O) groups excluding carboxylic acids is 1. The van der Waals surface area contributed by atoms with E-state index in [1.54, 1.807) is 16.7 Å². The quantitative estimate of drug-likeness (QED) is 0.706. The Morgan fingerprint density at radius 2 is 1.83 bits per heavy atom. The molecule has 1 atom stereocenters. The number of carbonyl (C=O) groups is 2. The molecule has 0 aromatic heterocycles.